The highest BCUT2D eigenvalue weighted by molar-refractivity contribution is 5.97. The van der Waals surface area contributed by atoms with Gasteiger partial charge in [-0.25, -0.2) is 4.98 Å². The molecule has 132 valence electrons. The number of ketones is 1. The zero-order chi connectivity index (χ0) is 18.7. The topological polar surface area (TPSA) is 81.1 Å². The lowest BCUT2D eigenvalue weighted by molar-refractivity contribution is -0.115. The van der Waals surface area contributed by atoms with E-state index in [9.17, 15) is 14.4 Å². The van der Waals surface area contributed by atoms with E-state index in [1.54, 1.807) is 43.3 Å². The zero-order valence-electron chi connectivity index (χ0n) is 14.7. The molecule has 0 aliphatic rings. The maximum Gasteiger partial charge on any atom is 0.261 e. The van der Waals surface area contributed by atoms with Crippen LogP contribution in [0.1, 0.15) is 29.3 Å². The molecule has 0 aliphatic heterocycles. The zero-order valence-corrected chi connectivity index (χ0v) is 14.7. The second-order valence-electron chi connectivity index (χ2n) is 6.10. The van der Waals surface area contributed by atoms with Crippen LogP contribution in [0.4, 0.5) is 5.69 Å². The molecule has 0 saturated carbocycles. The van der Waals surface area contributed by atoms with Crippen molar-refractivity contribution in [2.75, 3.05) is 5.32 Å². The van der Waals surface area contributed by atoms with E-state index in [0.717, 1.165) is 5.56 Å². The van der Waals surface area contributed by atoms with Crippen molar-refractivity contribution < 1.29 is 9.59 Å². The number of anilines is 1. The molecule has 1 aromatic heterocycles. The number of Topliss-reactive ketones (excluding diaryl/α,β-unsaturated/α-hetero) is 1. The van der Waals surface area contributed by atoms with Gasteiger partial charge in [0.1, 0.15) is 0 Å². The van der Waals surface area contributed by atoms with Crippen molar-refractivity contribution >= 4 is 28.3 Å². The third-order valence-electron chi connectivity index (χ3n) is 4.11. The van der Waals surface area contributed by atoms with Crippen LogP contribution in [0.5, 0.6) is 0 Å². The van der Waals surface area contributed by atoms with Gasteiger partial charge in [0.15, 0.2) is 5.78 Å². The number of aryl methyl sites for hydroxylation is 1. The van der Waals surface area contributed by atoms with Gasteiger partial charge in [-0.3, -0.25) is 19.0 Å². The van der Waals surface area contributed by atoms with E-state index < -0.39 is 0 Å². The molecule has 0 fully saturated rings. The number of amides is 1. The number of nitrogens with zero attached hydrogens (tertiary/aromatic N) is 2. The van der Waals surface area contributed by atoms with Crippen molar-refractivity contribution in [3.63, 3.8) is 0 Å². The van der Waals surface area contributed by atoms with Crippen molar-refractivity contribution in [2.45, 2.75) is 26.8 Å². The van der Waals surface area contributed by atoms with E-state index in [4.69, 9.17) is 0 Å². The molecule has 0 unspecified atom stereocenters. The highest BCUT2D eigenvalue weighted by Gasteiger charge is 2.11. The molecule has 0 spiro atoms. The summed E-state index contributed by atoms with van der Waals surface area (Å²) in [5.74, 6) is -0.289. The number of carbonyl (C=O) groups excluding carboxylic acids is 2. The fraction of sp³-hybridized carbons (Fsp3) is 0.200. The van der Waals surface area contributed by atoms with E-state index in [-0.39, 0.29) is 23.8 Å². The Morgan fingerprint density at radius 1 is 1.12 bits per heavy atom. The first-order chi connectivity index (χ1) is 12.5. The van der Waals surface area contributed by atoms with Gasteiger partial charge in [0.05, 0.1) is 23.8 Å². The molecular formula is C20H19N3O3. The molecular weight excluding hydrogens is 330 g/mol. The van der Waals surface area contributed by atoms with Crippen LogP contribution in [0.15, 0.2) is 53.6 Å². The summed E-state index contributed by atoms with van der Waals surface area (Å²) < 4.78 is 1.32. The van der Waals surface area contributed by atoms with Crippen LogP contribution >= 0.6 is 0 Å². The Labute approximate surface area is 150 Å². The first-order valence-corrected chi connectivity index (χ1v) is 8.37. The number of hydrogen-bond donors (Lipinski definition) is 1. The molecule has 0 aliphatic carbocycles. The van der Waals surface area contributed by atoms with Gasteiger partial charge in [0.2, 0.25) is 5.91 Å². The van der Waals surface area contributed by atoms with Crippen molar-refractivity contribution in [3.05, 3.63) is 70.3 Å². The molecule has 2 aromatic carbocycles. The molecule has 1 heterocycles. The minimum absolute atomic E-state index is 0.0869. The number of carbonyl (C=O) groups is 2. The molecule has 1 N–H and O–H groups in total. The minimum atomic E-state index is -0.237. The van der Waals surface area contributed by atoms with Gasteiger partial charge in [0.25, 0.3) is 5.56 Å². The van der Waals surface area contributed by atoms with Gasteiger partial charge in [-0.15, -0.1) is 0 Å². The predicted molar refractivity (Wildman–Crippen MR) is 100 cm³/mol. The van der Waals surface area contributed by atoms with E-state index in [2.05, 4.69) is 10.3 Å². The molecule has 3 aromatic rings. The Bertz CT molecular complexity index is 1040. The molecule has 1 amide bonds. The summed E-state index contributed by atoms with van der Waals surface area (Å²) in [4.78, 5) is 40.7. The number of aromatic nitrogens is 2. The molecule has 26 heavy (non-hydrogen) atoms. The molecule has 0 saturated heterocycles. The average Bonchev–Trinajstić information content (AvgIpc) is 2.65. The monoisotopic (exact) mass is 349 g/mol. The van der Waals surface area contributed by atoms with Crippen LogP contribution in [0.25, 0.3) is 10.9 Å². The van der Waals surface area contributed by atoms with Crippen LogP contribution < -0.4 is 10.9 Å². The van der Waals surface area contributed by atoms with Gasteiger partial charge in [-0.2, -0.15) is 0 Å². The Morgan fingerprint density at radius 2 is 1.85 bits per heavy atom. The van der Waals surface area contributed by atoms with E-state index in [0.29, 0.717) is 28.6 Å². The third kappa shape index (κ3) is 3.69. The Hall–Kier alpha value is -3.28. The highest BCUT2D eigenvalue weighted by atomic mass is 16.2. The number of hydrogen-bond acceptors (Lipinski definition) is 4. The number of benzene rings is 2. The largest absolute Gasteiger partial charge is 0.326 e. The summed E-state index contributed by atoms with van der Waals surface area (Å²) >= 11 is 0. The Morgan fingerprint density at radius 3 is 2.54 bits per heavy atom. The smallest absolute Gasteiger partial charge is 0.261 e. The molecule has 6 nitrogen and oxygen atoms in total. The quantitative estimate of drug-likeness (QED) is 0.718. The fourth-order valence-electron chi connectivity index (χ4n) is 2.62. The Balaban J connectivity index is 1.81. The fourth-order valence-corrected chi connectivity index (χ4v) is 2.62. The van der Waals surface area contributed by atoms with Crippen LogP contribution in [-0.4, -0.2) is 21.2 Å². The lowest BCUT2D eigenvalue weighted by Crippen LogP contribution is -2.24. The van der Waals surface area contributed by atoms with Crippen LogP contribution in [0.3, 0.4) is 0 Å². The summed E-state index contributed by atoms with van der Waals surface area (Å²) in [6.45, 7) is 3.58. The lowest BCUT2D eigenvalue weighted by Gasteiger charge is -2.08. The van der Waals surface area contributed by atoms with Crippen molar-refractivity contribution in [2.24, 2.45) is 0 Å². The SMILES string of the molecule is CCC(=O)Nc1ccc(C(=O)Cn2cnc3ccc(C)cc3c2=O)cc1. The molecule has 0 atom stereocenters. The average molecular weight is 349 g/mol. The summed E-state index contributed by atoms with van der Waals surface area (Å²) in [6, 6.07) is 12.1. The van der Waals surface area contributed by atoms with E-state index >= 15 is 0 Å². The molecule has 6 heteroatoms. The summed E-state index contributed by atoms with van der Waals surface area (Å²) in [6.07, 6.45) is 1.78. The second-order valence-corrected chi connectivity index (χ2v) is 6.10. The summed E-state index contributed by atoms with van der Waals surface area (Å²) in [5.41, 5.74) is 2.44. The maximum atomic E-state index is 12.6. The molecule has 0 radical (unpaired) electrons. The van der Waals surface area contributed by atoms with Crippen molar-refractivity contribution in [1.29, 1.82) is 0 Å². The third-order valence-corrected chi connectivity index (χ3v) is 4.11. The molecule has 0 bridgehead atoms. The van der Waals surface area contributed by atoms with Crippen LogP contribution in [-0.2, 0) is 11.3 Å². The van der Waals surface area contributed by atoms with Gasteiger partial charge in [-0.1, -0.05) is 18.6 Å². The van der Waals surface area contributed by atoms with Crippen LogP contribution in [0.2, 0.25) is 0 Å². The Kier molecular flexibility index (Phi) is 4.93. The number of rotatable bonds is 5. The minimum Gasteiger partial charge on any atom is -0.326 e. The van der Waals surface area contributed by atoms with E-state index in [1.807, 2.05) is 13.0 Å². The number of nitrogens with one attached hydrogen (secondary N) is 1. The maximum absolute atomic E-state index is 12.6. The predicted octanol–water partition coefficient (Wildman–Crippen LogP) is 2.94. The van der Waals surface area contributed by atoms with Crippen molar-refractivity contribution in [1.82, 2.24) is 9.55 Å². The molecule has 3 rings (SSSR count). The van der Waals surface area contributed by atoms with Crippen LogP contribution in [0, 0.1) is 6.92 Å². The second kappa shape index (κ2) is 7.31. The van der Waals surface area contributed by atoms with Crippen molar-refractivity contribution in [3.8, 4) is 0 Å². The van der Waals surface area contributed by atoms with Gasteiger partial charge < -0.3 is 5.32 Å². The summed E-state index contributed by atoms with van der Waals surface area (Å²) in [7, 11) is 0. The number of fused-ring (bicyclic) bond motifs is 1. The highest BCUT2D eigenvalue weighted by Crippen LogP contribution is 2.12. The van der Waals surface area contributed by atoms with Gasteiger partial charge in [0, 0.05) is 17.7 Å². The first-order valence-electron chi connectivity index (χ1n) is 8.37. The standard InChI is InChI=1S/C20H19N3O3/c1-3-19(25)22-15-7-5-14(6-8-15)18(24)11-23-12-21-17-9-4-13(2)10-16(17)20(23)26/h4-10,12H,3,11H2,1-2H3,(H,22,25). The first kappa shape index (κ1) is 17.5. The normalized spacial score (nSPS) is 10.7. The van der Waals surface area contributed by atoms with Gasteiger partial charge >= 0.3 is 0 Å². The van der Waals surface area contributed by atoms with E-state index in [1.165, 1.54) is 10.9 Å². The summed E-state index contributed by atoms with van der Waals surface area (Å²) in [5, 5.41) is 3.22. The lowest BCUT2D eigenvalue weighted by atomic mass is 10.1. The van der Waals surface area contributed by atoms with Gasteiger partial charge in [-0.05, 0) is 43.3 Å².